The maximum atomic E-state index is 14.9. The quantitative estimate of drug-likeness (QED) is 0.0888. The van der Waals surface area contributed by atoms with Crippen LogP contribution in [0.4, 0.5) is 42.1 Å². The maximum absolute atomic E-state index is 14.9. The number of hydrogen-bond acceptors (Lipinski definition) is 6. The highest BCUT2D eigenvalue weighted by Crippen LogP contribution is 2.41. The first-order chi connectivity index (χ1) is 24.0. The molecule has 3 aromatic carbocycles. The van der Waals surface area contributed by atoms with Gasteiger partial charge in [0.2, 0.25) is 5.78 Å². The fraction of sp³-hybridized carbons (Fsp3) is 0.176. The number of aryl methyl sites for hydroxylation is 1. The second kappa shape index (κ2) is 13.0. The molecule has 0 bridgehead atoms. The van der Waals surface area contributed by atoms with Crippen molar-refractivity contribution in [1.82, 2.24) is 18.9 Å². The van der Waals surface area contributed by atoms with Gasteiger partial charge in [0.1, 0.15) is 5.69 Å². The lowest BCUT2D eigenvalue weighted by Gasteiger charge is -2.16. The number of rotatable bonds is 10. The van der Waals surface area contributed by atoms with Gasteiger partial charge >= 0.3 is 6.18 Å². The van der Waals surface area contributed by atoms with Crippen LogP contribution in [0.3, 0.4) is 0 Å². The summed E-state index contributed by atoms with van der Waals surface area (Å²) >= 11 is 0. The van der Waals surface area contributed by atoms with Crippen molar-refractivity contribution in [3.8, 4) is 11.1 Å². The molecular weight excluding hydrogens is 705 g/mol. The summed E-state index contributed by atoms with van der Waals surface area (Å²) in [7, 11) is -0.337. The normalized spacial score (nSPS) is 12.3. The topological polar surface area (TPSA) is 101 Å². The van der Waals surface area contributed by atoms with E-state index in [4.69, 9.17) is 0 Å². The third kappa shape index (κ3) is 6.49. The van der Waals surface area contributed by atoms with E-state index in [0.29, 0.717) is 5.52 Å². The number of imidazole rings is 1. The summed E-state index contributed by atoms with van der Waals surface area (Å²) in [6.07, 6.45) is -1.81. The van der Waals surface area contributed by atoms with Crippen LogP contribution in [-0.4, -0.2) is 60.2 Å². The first kappa shape index (κ1) is 35.4. The van der Waals surface area contributed by atoms with E-state index in [1.54, 1.807) is 26.0 Å². The fourth-order valence-corrected chi connectivity index (χ4v) is 6.83. The predicted octanol–water partition coefficient (Wildman–Crippen LogP) is 7.07. The van der Waals surface area contributed by atoms with Crippen molar-refractivity contribution < 1.29 is 43.9 Å². The molecule has 2 N–H and O–H groups in total. The fourth-order valence-electron chi connectivity index (χ4n) is 5.63. The van der Waals surface area contributed by atoms with Gasteiger partial charge in [0, 0.05) is 43.1 Å². The molecule has 0 saturated heterocycles. The number of carbonyl (C=O) groups is 1. The second-order valence-electron chi connectivity index (χ2n) is 11.8. The van der Waals surface area contributed by atoms with Crippen LogP contribution in [0.25, 0.3) is 27.7 Å². The van der Waals surface area contributed by atoms with E-state index in [-0.39, 0.29) is 52.2 Å². The van der Waals surface area contributed by atoms with Crippen molar-refractivity contribution in [2.45, 2.75) is 11.1 Å². The summed E-state index contributed by atoms with van der Waals surface area (Å²) < 4.78 is 132. The monoisotopic (exact) mass is 732 g/mol. The summed E-state index contributed by atoms with van der Waals surface area (Å²) in [5, 5.41) is 2.22. The standard InChI is InChI=1S/C34H27F7N6O3S/c1-45(2)14-12-42-31-27(35)29(37)33(30(38)28(31)36)51(49,50)44-19-8-6-18(7-9-19)32(48)25-11-10-24-20(5-4-13-47(24)25)21-15-23-26(46(3)17-43-23)16-22(21)34(39,40)41/h4-11,13,15-17,42,44H,12,14H2,1-3H3. The van der Waals surface area contributed by atoms with E-state index in [1.807, 2.05) is 4.72 Å². The lowest BCUT2D eigenvalue weighted by Crippen LogP contribution is -2.23. The highest BCUT2D eigenvalue weighted by molar-refractivity contribution is 7.92. The number of likely N-dealkylation sites (N-methyl/N-ethyl adjacent to an activating group) is 1. The van der Waals surface area contributed by atoms with Gasteiger partial charge in [0.05, 0.1) is 34.1 Å². The number of hydrogen-bond donors (Lipinski definition) is 2. The maximum Gasteiger partial charge on any atom is 0.417 e. The average Bonchev–Trinajstić information content (AvgIpc) is 3.67. The molecule has 0 spiro atoms. The van der Waals surface area contributed by atoms with Gasteiger partial charge in [-0.15, -0.1) is 0 Å². The van der Waals surface area contributed by atoms with Gasteiger partial charge in [-0.1, -0.05) is 6.07 Å². The van der Waals surface area contributed by atoms with E-state index in [9.17, 15) is 43.9 Å². The molecule has 3 aromatic heterocycles. The van der Waals surface area contributed by atoms with Gasteiger partial charge in [-0.2, -0.15) is 13.2 Å². The van der Waals surface area contributed by atoms with Gasteiger partial charge in [-0.3, -0.25) is 9.52 Å². The Morgan fingerprint density at radius 1 is 0.882 bits per heavy atom. The number of benzene rings is 3. The molecule has 0 fully saturated rings. The van der Waals surface area contributed by atoms with Crippen molar-refractivity contribution in [2.24, 2.45) is 7.05 Å². The number of aromatic nitrogens is 3. The molecule has 0 amide bonds. The molecule has 51 heavy (non-hydrogen) atoms. The zero-order valence-electron chi connectivity index (χ0n) is 26.9. The van der Waals surface area contributed by atoms with Gasteiger partial charge < -0.3 is 19.2 Å². The highest BCUT2D eigenvalue weighted by Gasteiger charge is 2.36. The van der Waals surface area contributed by atoms with Gasteiger partial charge in [-0.05, 0) is 74.3 Å². The van der Waals surface area contributed by atoms with Crippen LogP contribution in [0.15, 0.2) is 78.1 Å². The third-order valence-corrected chi connectivity index (χ3v) is 9.54. The Labute approximate surface area is 286 Å². The molecule has 0 aliphatic rings. The molecule has 17 heteroatoms. The van der Waals surface area contributed by atoms with E-state index >= 15 is 0 Å². The lowest BCUT2D eigenvalue weighted by atomic mass is 9.98. The number of halogens is 7. The molecule has 0 unspecified atom stereocenters. The number of nitrogens with one attached hydrogen (secondary N) is 2. The number of ketones is 1. The Balaban J connectivity index is 1.28. The Bertz CT molecular complexity index is 2410. The van der Waals surface area contributed by atoms with Gasteiger partial charge in [0.15, 0.2) is 28.2 Å². The second-order valence-corrected chi connectivity index (χ2v) is 13.5. The molecule has 0 atom stereocenters. The number of alkyl halides is 3. The first-order valence-corrected chi connectivity index (χ1v) is 16.5. The summed E-state index contributed by atoms with van der Waals surface area (Å²) in [5.41, 5.74) is -1.33. The van der Waals surface area contributed by atoms with Crippen molar-refractivity contribution in [2.75, 3.05) is 37.2 Å². The van der Waals surface area contributed by atoms with Crippen molar-refractivity contribution in [3.05, 3.63) is 113 Å². The molecule has 266 valence electrons. The van der Waals surface area contributed by atoms with Crippen molar-refractivity contribution in [3.63, 3.8) is 0 Å². The number of anilines is 2. The highest BCUT2D eigenvalue weighted by atomic mass is 32.2. The zero-order valence-corrected chi connectivity index (χ0v) is 27.7. The third-order valence-electron chi connectivity index (χ3n) is 8.14. The molecule has 0 saturated carbocycles. The van der Waals surface area contributed by atoms with Crippen LogP contribution in [-0.2, 0) is 23.2 Å². The Hall–Kier alpha value is -5.42. The number of nitrogens with zero attached hydrogens (tertiary/aromatic N) is 4. The Morgan fingerprint density at radius 2 is 1.55 bits per heavy atom. The van der Waals surface area contributed by atoms with E-state index in [2.05, 4.69) is 10.3 Å². The number of carbonyl (C=O) groups excluding carboxylic acids is 1. The van der Waals surface area contributed by atoms with Gasteiger partial charge in [-0.25, -0.2) is 31.0 Å². The van der Waals surface area contributed by atoms with Gasteiger partial charge in [0.25, 0.3) is 10.0 Å². The lowest BCUT2D eigenvalue weighted by molar-refractivity contribution is -0.137. The van der Waals surface area contributed by atoms with Crippen LogP contribution in [0.1, 0.15) is 21.6 Å². The average molecular weight is 733 g/mol. The molecule has 3 heterocycles. The zero-order chi connectivity index (χ0) is 37.0. The summed E-state index contributed by atoms with van der Waals surface area (Å²) in [5.74, 6) is -8.73. The molecule has 6 aromatic rings. The van der Waals surface area contributed by atoms with Crippen LogP contribution in [0.2, 0.25) is 0 Å². The number of pyridine rings is 1. The van der Waals surface area contributed by atoms with E-state index in [1.165, 1.54) is 64.0 Å². The minimum Gasteiger partial charge on any atom is -0.379 e. The molecule has 0 aliphatic heterocycles. The number of sulfonamides is 1. The SMILES string of the molecule is CN(C)CCNc1c(F)c(F)c(S(=O)(=O)Nc2ccc(C(=O)c3ccc4c(-c5cc6ncn(C)c6cc5C(F)(F)F)cccn34)cc2)c(F)c1F. The molecular formula is C34H27F7N6O3S. The smallest absolute Gasteiger partial charge is 0.379 e. The minimum absolute atomic E-state index is 0.0110. The van der Waals surface area contributed by atoms with Crippen LogP contribution in [0, 0.1) is 23.3 Å². The minimum atomic E-state index is -5.22. The molecule has 9 nitrogen and oxygen atoms in total. The molecule has 0 aliphatic carbocycles. The molecule has 0 radical (unpaired) electrons. The largest absolute Gasteiger partial charge is 0.417 e. The number of fused-ring (bicyclic) bond motifs is 2. The van der Waals surface area contributed by atoms with E-state index in [0.717, 1.165) is 18.2 Å². The van der Waals surface area contributed by atoms with Crippen molar-refractivity contribution >= 4 is 43.7 Å². The predicted molar refractivity (Wildman–Crippen MR) is 176 cm³/mol. The van der Waals surface area contributed by atoms with E-state index < -0.39 is 61.4 Å². The molecule has 6 rings (SSSR count). The summed E-state index contributed by atoms with van der Waals surface area (Å²) in [4.78, 5) is 17.5. The van der Waals surface area contributed by atoms with Crippen LogP contribution in [0.5, 0.6) is 0 Å². The van der Waals surface area contributed by atoms with Crippen LogP contribution >= 0.6 is 0 Å². The Kier molecular flexibility index (Phi) is 9.05. The Morgan fingerprint density at radius 3 is 2.18 bits per heavy atom. The van der Waals surface area contributed by atoms with Crippen LogP contribution < -0.4 is 10.0 Å². The van der Waals surface area contributed by atoms with Crippen molar-refractivity contribution in [1.29, 1.82) is 0 Å². The summed E-state index contributed by atoms with van der Waals surface area (Å²) in [6, 6.07) is 12.8. The summed E-state index contributed by atoms with van der Waals surface area (Å²) in [6.45, 7) is 0.145. The first-order valence-electron chi connectivity index (χ1n) is 15.0.